The molecule has 2 atom stereocenters. The van der Waals surface area contributed by atoms with E-state index in [-0.39, 0.29) is 22.0 Å². The van der Waals surface area contributed by atoms with E-state index in [0.29, 0.717) is 0 Å². The Balaban J connectivity index is 2.89. The lowest BCUT2D eigenvalue weighted by Gasteiger charge is -2.19. The Kier molecular flexibility index (Phi) is 4.91. The summed E-state index contributed by atoms with van der Waals surface area (Å²) < 4.78 is 26.7. The highest BCUT2D eigenvalue weighted by Gasteiger charge is 2.20. The molecule has 1 N–H and O–H groups in total. The summed E-state index contributed by atoms with van der Waals surface area (Å²) in [4.78, 5) is 3.90. The number of hydrogen-bond donors (Lipinski definition) is 1. The van der Waals surface area contributed by atoms with E-state index in [0.717, 1.165) is 6.42 Å². The van der Waals surface area contributed by atoms with Gasteiger partial charge in [0, 0.05) is 12.2 Å². The average molecular weight is 277 g/mol. The molecule has 6 heteroatoms. The van der Waals surface area contributed by atoms with Gasteiger partial charge >= 0.3 is 0 Å². The molecule has 4 nitrogen and oxygen atoms in total. The molecule has 1 aromatic rings. The summed E-state index contributed by atoms with van der Waals surface area (Å²) in [6.45, 7) is 5.89. The Bertz CT molecular complexity index is 476. The fourth-order valence-electron chi connectivity index (χ4n) is 1.33. The molecule has 0 amide bonds. The van der Waals surface area contributed by atoms with Gasteiger partial charge < -0.3 is 0 Å². The van der Waals surface area contributed by atoms with E-state index in [1.807, 2.05) is 20.8 Å². The molecule has 0 saturated heterocycles. The Morgan fingerprint density at radius 3 is 2.65 bits per heavy atom. The monoisotopic (exact) mass is 276 g/mol. The second-order valence-electron chi connectivity index (χ2n) is 4.11. The number of rotatable bonds is 5. The molecule has 0 aliphatic carbocycles. The number of pyridine rings is 1. The first-order chi connectivity index (χ1) is 7.86. The summed E-state index contributed by atoms with van der Waals surface area (Å²) in [5.41, 5.74) is 0. The van der Waals surface area contributed by atoms with Crippen LogP contribution in [0.15, 0.2) is 23.2 Å². The Morgan fingerprint density at radius 2 is 2.12 bits per heavy atom. The summed E-state index contributed by atoms with van der Waals surface area (Å²) in [6, 6.07) is 2.65. The van der Waals surface area contributed by atoms with Gasteiger partial charge in [-0.2, -0.15) is 0 Å². The predicted octanol–water partition coefficient (Wildman–Crippen LogP) is 2.45. The van der Waals surface area contributed by atoms with Gasteiger partial charge in [-0.25, -0.2) is 18.1 Å². The van der Waals surface area contributed by atoms with E-state index in [2.05, 4.69) is 9.71 Å². The van der Waals surface area contributed by atoms with Crippen LogP contribution in [-0.2, 0) is 10.0 Å². The highest BCUT2D eigenvalue weighted by atomic mass is 35.5. The molecule has 96 valence electrons. The maximum atomic E-state index is 12.0. The molecular weight excluding hydrogens is 260 g/mol. The van der Waals surface area contributed by atoms with Gasteiger partial charge in [0.2, 0.25) is 10.0 Å². The molecule has 0 spiro atoms. The van der Waals surface area contributed by atoms with Crippen LogP contribution in [0.2, 0.25) is 5.15 Å². The van der Waals surface area contributed by atoms with Gasteiger partial charge in [0.25, 0.3) is 0 Å². The first-order valence-electron chi connectivity index (χ1n) is 5.50. The smallest absolute Gasteiger partial charge is 0.240 e. The van der Waals surface area contributed by atoms with E-state index in [1.165, 1.54) is 18.3 Å². The third kappa shape index (κ3) is 3.94. The summed E-state index contributed by atoms with van der Waals surface area (Å²) in [6.07, 6.45) is 2.30. The van der Waals surface area contributed by atoms with Crippen molar-refractivity contribution in [3.05, 3.63) is 23.5 Å². The van der Waals surface area contributed by atoms with Gasteiger partial charge in [0.05, 0.1) is 4.90 Å². The van der Waals surface area contributed by atoms with Crippen LogP contribution < -0.4 is 4.72 Å². The third-order valence-corrected chi connectivity index (χ3v) is 4.61. The molecule has 0 aliphatic rings. The highest BCUT2D eigenvalue weighted by Crippen LogP contribution is 2.15. The van der Waals surface area contributed by atoms with Crippen LogP contribution in [-0.4, -0.2) is 19.4 Å². The van der Waals surface area contributed by atoms with Gasteiger partial charge in [0.1, 0.15) is 5.15 Å². The van der Waals surface area contributed by atoms with Crippen molar-refractivity contribution in [1.29, 1.82) is 0 Å². The average Bonchev–Trinajstić information content (AvgIpc) is 2.27. The van der Waals surface area contributed by atoms with E-state index in [4.69, 9.17) is 11.6 Å². The molecule has 0 aliphatic heterocycles. The van der Waals surface area contributed by atoms with Crippen molar-refractivity contribution >= 4 is 21.6 Å². The number of aromatic nitrogens is 1. The number of nitrogens with one attached hydrogen (secondary N) is 1. The minimum absolute atomic E-state index is 0.114. The zero-order chi connectivity index (χ0) is 13.1. The standard InChI is InChI=1S/C11H17ClN2O2S/c1-4-8(2)9(3)14-17(15,16)10-5-6-13-11(12)7-10/h5-9,14H,4H2,1-3H3. The lowest BCUT2D eigenvalue weighted by molar-refractivity contribution is 0.434. The summed E-state index contributed by atoms with van der Waals surface area (Å²) in [5, 5.41) is 0.170. The SMILES string of the molecule is CCC(C)C(C)NS(=O)(=O)c1ccnc(Cl)c1. The molecule has 1 rings (SSSR count). The molecule has 0 saturated carbocycles. The topological polar surface area (TPSA) is 59.1 Å². The van der Waals surface area contributed by atoms with Crippen molar-refractivity contribution < 1.29 is 8.42 Å². The van der Waals surface area contributed by atoms with Crippen molar-refractivity contribution in [3.8, 4) is 0 Å². The van der Waals surface area contributed by atoms with Gasteiger partial charge in [0.15, 0.2) is 0 Å². The number of sulfonamides is 1. The second kappa shape index (κ2) is 5.80. The molecule has 1 heterocycles. The van der Waals surface area contributed by atoms with Crippen molar-refractivity contribution in [1.82, 2.24) is 9.71 Å². The number of halogens is 1. The van der Waals surface area contributed by atoms with Crippen LogP contribution in [0.1, 0.15) is 27.2 Å². The van der Waals surface area contributed by atoms with Gasteiger partial charge in [-0.05, 0) is 25.0 Å². The molecule has 0 radical (unpaired) electrons. The van der Waals surface area contributed by atoms with Crippen LogP contribution in [0.25, 0.3) is 0 Å². The maximum absolute atomic E-state index is 12.0. The summed E-state index contributed by atoms with van der Waals surface area (Å²) >= 11 is 5.67. The summed E-state index contributed by atoms with van der Waals surface area (Å²) in [5.74, 6) is 0.280. The normalized spacial score (nSPS) is 15.5. The molecule has 0 aromatic carbocycles. The maximum Gasteiger partial charge on any atom is 0.240 e. The van der Waals surface area contributed by atoms with Gasteiger partial charge in [-0.1, -0.05) is 31.9 Å². The predicted molar refractivity (Wildman–Crippen MR) is 68.5 cm³/mol. The van der Waals surface area contributed by atoms with Crippen LogP contribution in [0, 0.1) is 5.92 Å². The van der Waals surface area contributed by atoms with Gasteiger partial charge in [-0.15, -0.1) is 0 Å². The Morgan fingerprint density at radius 1 is 1.47 bits per heavy atom. The quantitative estimate of drug-likeness (QED) is 0.841. The summed E-state index contributed by atoms with van der Waals surface area (Å²) in [7, 11) is -3.51. The Hall–Kier alpha value is -0.650. The molecule has 17 heavy (non-hydrogen) atoms. The fourth-order valence-corrected chi connectivity index (χ4v) is 2.94. The molecule has 1 aromatic heterocycles. The van der Waals surface area contributed by atoms with E-state index >= 15 is 0 Å². The lowest BCUT2D eigenvalue weighted by atomic mass is 10.0. The first-order valence-corrected chi connectivity index (χ1v) is 7.36. The largest absolute Gasteiger partial charge is 0.244 e. The zero-order valence-electron chi connectivity index (χ0n) is 10.1. The number of hydrogen-bond acceptors (Lipinski definition) is 3. The van der Waals surface area contributed by atoms with Crippen LogP contribution in [0.3, 0.4) is 0 Å². The minimum Gasteiger partial charge on any atom is -0.244 e. The highest BCUT2D eigenvalue weighted by molar-refractivity contribution is 7.89. The van der Waals surface area contributed by atoms with Crippen molar-refractivity contribution in [2.75, 3.05) is 0 Å². The van der Waals surface area contributed by atoms with Crippen molar-refractivity contribution in [2.45, 2.75) is 38.1 Å². The van der Waals surface area contributed by atoms with Crippen LogP contribution in [0.4, 0.5) is 0 Å². The van der Waals surface area contributed by atoms with Crippen LogP contribution >= 0.6 is 11.6 Å². The van der Waals surface area contributed by atoms with Crippen molar-refractivity contribution in [3.63, 3.8) is 0 Å². The molecule has 2 unspecified atom stereocenters. The molecule has 0 bridgehead atoms. The second-order valence-corrected chi connectivity index (χ2v) is 6.21. The van der Waals surface area contributed by atoms with E-state index < -0.39 is 10.0 Å². The lowest BCUT2D eigenvalue weighted by Crippen LogP contribution is -2.36. The van der Waals surface area contributed by atoms with E-state index in [9.17, 15) is 8.42 Å². The first kappa shape index (κ1) is 14.4. The van der Waals surface area contributed by atoms with E-state index in [1.54, 1.807) is 0 Å². The minimum atomic E-state index is -3.51. The molecule has 0 fully saturated rings. The molecular formula is C11H17ClN2O2S. The fraction of sp³-hybridized carbons (Fsp3) is 0.545. The zero-order valence-corrected chi connectivity index (χ0v) is 11.7. The third-order valence-electron chi connectivity index (χ3n) is 2.85. The van der Waals surface area contributed by atoms with Gasteiger partial charge in [-0.3, -0.25) is 0 Å². The number of nitrogens with zero attached hydrogens (tertiary/aromatic N) is 1. The van der Waals surface area contributed by atoms with Crippen LogP contribution in [0.5, 0.6) is 0 Å². The Labute approximate surface area is 107 Å². The van der Waals surface area contributed by atoms with Crippen molar-refractivity contribution in [2.24, 2.45) is 5.92 Å².